The highest BCUT2D eigenvalue weighted by atomic mass is 19.1. The van der Waals surface area contributed by atoms with Crippen LogP contribution in [0.3, 0.4) is 0 Å². The molecule has 1 amide bonds. The number of halogens is 1. The Labute approximate surface area is 257 Å². The Morgan fingerprint density at radius 3 is 2.84 bits per heavy atom. The third-order valence-corrected chi connectivity index (χ3v) is 9.28. The molecule has 1 aromatic carbocycles. The summed E-state index contributed by atoms with van der Waals surface area (Å²) in [6.45, 7) is 10.7. The maximum atomic E-state index is 14.0. The third kappa shape index (κ3) is 5.95. The fraction of sp³-hybridized carbons (Fsp3) is 0.515. The summed E-state index contributed by atoms with van der Waals surface area (Å²) in [6.07, 6.45) is 9.35. The molecule has 232 valence electrons. The van der Waals surface area contributed by atoms with Crippen molar-refractivity contribution in [2.75, 3.05) is 44.2 Å². The predicted octanol–water partition coefficient (Wildman–Crippen LogP) is 3.96. The summed E-state index contributed by atoms with van der Waals surface area (Å²) in [5, 5.41) is 6.29. The lowest BCUT2D eigenvalue weighted by Gasteiger charge is -2.59. The Morgan fingerprint density at radius 2 is 2.05 bits per heavy atom. The zero-order valence-electron chi connectivity index (χ0n) is 25.4. The number of amides is 1. The number of benzene rings is 1. The molecule has 44 heavy (non-hydrogen) atoms. The van der Waals surface area contributed by atoms with E-state index in [4.69, 9.17) is 9.47 Å². The zero-order valence-corrected chi connectivity index (χ0v) is 25.4. The van der Waals surface area contributed by atoms with Crippen molar-refractivity contribution in [2.45, 2.75) is 58.2 Å². The van der Waals surface area contributed by atoms with Gasteiger partial charge in [0.2, 0.25) is 0 Å². The van der Waals surface area contributed by atoms with Crippen LogP contribution in [0, 0.1) is 17.2 Å². The van der Waals surface area contributed by atoms with Crippen LogP contribution in [0.4, 0.5) is 10.2 Å². The first kappa shape index (κ1) is 28.9. The molecule has 10 nitrogen and oxygen atoms in total. The Kier molecular flexibility index (Phi) is 7.84. The zero-order chi connectivity index (χ0) is 30.3. The van der Waals surface area contributed by atoms with Gasteiger partial charge < -0.3 is 25.0 Å². The van der Waals surface area contributed by atoms with Crippen molar-refractivity contribution in [3.05, 3.63) is 65.6 Å². The van der Waals surface area contributed by atoms with Gasteiger partial charge in [-0.25, -0.2) is 14.4 Å². The Bertz CT molecular complexity index is 1510. The van der Waals surface area contributed by atoms with Crippen LogP contribution < -0.4 is 25.0 Å². The fourth-order valence-electron chi connectivity index (χ4n) is 7.16. The van der Waals surface area contributed by atoms with E-state index in [9.17, 15) is 9.18 Å². The van der Waals surface area contributed by atoms with Gasteiger partial charge in [0.05, 0.1) is 11.8 Å². The molecule has 0 radical (unpaired) electrons. The number of hydrogen-bond acceptors (Lipinski definition) is 9. The van der Waals surface area contributed by atoms with Gasteiger partial charge in [0.25, 0.3) is 5.91 Å². The van der Waals surface area contributed by atoms with Crippen LogP contribution in [0.5, 0.6) is 17.2 Å². The molecule has 1 unspecified atom stereocenters. The van der Waals surface area contributed by atoms with Crippen molar-refractivity contribution in [1.29, 1.82) is 0 Å². The van der Waals surface area contributed by atoms with E-state index in [-0.39, 0.29) is 28.9 Å². The van der Waals surface area contributed by atoms with E-state index in [0.29, 0.717) is 11.6 Å². The molecule has 11 heteroatoms. The average Bonchev–Trinajstić information content (AvgIpc) is 3.48. The Morgan fingerprint density at radius 1 is 1.18 bits per heavy atom. The number of rotatable bonds is 9. The van der Waals surface area contributed by atoms with Gasteiger partial charge in [-0.05, 0) is 76.4 Å². The molecule has 2 saturated heterocycles. The number of carbonyl (C=O) groups excluding carboxylic acids is 1. The number of fused-ring (bicyclic) bond motifs is 1. The van der Waals surface area contributed by atoms with Crippen molar-refractivity contribution in [1.82, 2.24) is 30.5 Å². The molecule has 1 aliphatic carbocycles. The highest BCUT2D eigenvalue weighted by Gasteiger charge is 2.54. The van der Waals surface area contributed by atoms with E-state index in [2.05, 4.69) is 35.4 Å². The third-order valence-electron chi connectivity index (χ3n) is 9.28. The first-order valence-electron chi connectivity index (χ1n) is 15.7. The molecular formula is C33H40FN7O3. The topological polar surface area (TPSA) is 105 Å². The molecule has 5 heterocycles. The monoisotopic (exact) mass is 601 g/mol. The number of ether oxygens (including phenoxy) is 2. The van der Waals surface area contributed by atoms with E-state index in [1.807, 2.05) is 26.1 Å². The normalized spacial score (nSPS) is 21.1. The van der Waals surface area contributed by atoms with Gasteiger partial charge in [0.1, 0.15) is 29.7 Å². The van der Waals surface area contributed by atoms with Crippen LogP contribution in [0.25, 0.3) is 0 Å². The van der Waals surface area contributed by atoms with Crippen molar-refractivity contribution in [2.24, 2.45) is 11.3 Å². The number of pyridine rings is 1. The average molecular weight is 602 g/mol. The van der Waals surface area contributed by atoms with Crippen LogP contribution in [-0.4, -0.2) is 77.2 Å². The SMILES string of the molecule is CC(C)NC(=O)c1cc(F)ccc1Oc1cncnc1N1CC2(CC(Oc3ccnc4c3CN(CC3CCNC3)CC4)C2)C1. The summed E-state index contributed by atoms with van der Waals surface area (Å²) >= 11 is 0. The van der Waals surface area contributed by atoms with Gasteiger partial charge in [0.15, 0.2) is 11.6 Å². The quantitative estimate of drug-likeness (QED) is 0.377. The second-order valence-corrected chi connectivity index (χ2v) is 13.2. The van der Waals surface area contributed by atoms with Crippen LogP contribution in [0.15, 0.2) is 43.0 Å². The van der Waals surface area contributed by atoms with Gasteiger partial charge in [-0.3, -0.25) is 14.7 Å². The van der Waals surface area contributed by atoms with E-state index in [0.717, 1.165) is 76.7 Å². The predicted molar refractivity (Wildman–Crippen MR) is 164 cm³/mol. The molecule has 1 atom stereocenters. The smallest absolute Gasteiger partial charge is 0.255 e. The fourth-order valence-corrected chi connectivity index (χ4v) is 7.16. The molecule has 0 bridgehead atoms. The minimum Gasteiger partial charge on any atom is -0.490 e. The van der Waals surface area contributed by atoms with Crippen LogP contribution in [0.2, 0.25) is 0 Å². The first-order chi connectivity index (χ1) is 21.3. The summed E-state index contributed by atoms with van der Waals surface area (Å²) in [7, 11) is 0. The number of hydrogen-bond donors (Lipinski definition) is 2. The molecule has 4 aliphatic rings. The maximum absolute atomic E-state index is 14.0. The van der Waals surface area contributed by atoms with Crippen LogP contribution in [-0.2, 0) is 13.0 Å². The molecule has 1 spiro atoms. The standard InChI is InChI=1S/C33H40FN7O3/c1-21(2)39-32(42)25-11-23(34)3-4-28(25)44-30-15-36-20-38-31(30)41-18-33(19-41)12-24(13-33)43-29-6-9-37-27-7-10-40(17-26(27)29)16-22-5-8-35-14-22/h3-4,6,9,11,15,20-22,24,35H,5,7-8,10,12-14,16-19H2,1-2H3,(H,39,42). The lowest BCUT2D eigenvalue weighted by atomic mass is 9.61. The van der Waals surface area contributed by atoms with E-state index >= 15 is 0 Å². The second-order valence-electron chi connectivity index (χ2n) is 13.2. The molecule has 7 rings (SSSR count). The van der Waals surface area contributed by atoms with Crippen LogP contribution >= 0.6 is 0 Å². The first-order valence-corrected chi connectivity index (χ1v) is 15.7. The summed E-state index contributed by atoms with van der Waals surface area (Å²) in [5.41, 5.74) is 2.74. The van der Waals surface area contributed by atoms with Crippen molar-refractivity contribution < 1.29 is 18.7 Å². The number of carbonyl (C=O) groups is 1. The molecule has 3 aliphatic heterocycles. The summed E-state index contributed by atoms with van der Waals surface area (Å²) < 4.78 is 26.8. The minimum absolute atomic E-state index is 0.0974. The van der Waals surface area contributed by atoms with Crippen molar-refractivity contribution >= 4 is 11.7 Å². The molecule has 3 fully saturated rings. The molecule has 3 aromatic rings. The summed E-state index contributed by atoms with van der Waals surface area (Å²) in [6, 6.07) is 5.87. The molecule has 2 aromatic heterocycles. The minimum atomic E-state index is -0.506. The lowest BCUT2D eigenvalue weighted by molar-refractivity contribution is -0.0353. The largest absolute Gasteiger partial charge is 0.490 e. The van der Waals surface area contributed by atoms with E-state index in [1.54, 1.807) is 6.20 Å². The Balaban J connectivity index is 0.975. The number of anilines is 1. The van der Waals surface area contributed by atoms with Gasteiger partial charge in [0, 0.05) is 68.1 Å². The van der Waals surface area contributed by atoms with E-state index in [1.165, 1.54) is 42.2 Å². The highest BCUT2D eigenvalue weighted by Crippen LogP contribution is 2.52. The van der Waals surface area contributed by atoms with Gasteiger partial charge in [-0.2, -0.15) is 0 Å². The summed E-state index contributed by atoms with van der Waals surface area (Å²) in [4.78, 5) is 30.8. The van der Waals surface area contributed by atoms with Crippen molar-refractivity contribution in [3.63, 3.8) is 0 Å². The summed E-state index contributed by atoms with van der Waals surface area (Å²) in [5.74, 6) is 2.17. The molecule has 1 saturated carbocycles. The number of nitrogens with one attached hydrogen (secondary N) is 2. The highest BCUT2D eigenvalue weighted by molar-refractivity contribution is 5.97. The molecular weight excluding hydrogens is 561 g/mol. The number of aromatic nitrogens is 3. The number of nitrogens with zero attached hydrogens (tertiary/aromatic N) is 5. The lowest BCUT2D eigenvalue weighted by Crippen LogP contribution is -2.65. The maximum Gasteiger partial charge on any atom is 0.255 e. The van der Waals surface area contributed by atoms with Crippen LogP contribution in [0.1, 0.15) is 54.7 Å². The molecule has 2 N–H and O–H groups in total. The second kappa shape index (κ2) is 11.9. The van der Waals surface area contributed by atoms with E-state index < -0.39 is 11.7 Å². The van der Waals surface area contributed by atoms with Gasteiger partial charge in [-0.15, -0.1) is 0 Å². The Hall–Kier alpha value is -3.83. The van der Waals surface area contributed by atoms with Gasteiger partial charge >= 0.3 is 0 Å². The van der Waals surface area contributed by atoms with Crippen molar-refractivity contribution in [3.8, 4) is 17.2 Å². The van der Waals surface area contributed by atoms with Gasteiger partial charge in [-0.1, -0.05) is 0 Å².